The molecular formula is C14H19NO2. The van der Waals surface area contributed by atoms with E-state index in [2.05, 4.69) is 18.9 Å². The zero-order chi connectivity index (χ0) is 12.3. The van der Waals surface area contributed by atoms with Gasteiger partial charge in [-0.15, -0.1) is 0 Å². The summed E-state index contributed by atoms with van der Waals surface area (Å²) in [7, 11) is 2.10. The van der Waals surface area contributed by atoms with Crippen molar-refractivity contribution in [1.82, 2.24) is 4.90 Å². The Morgan fingerprint density at radius 1 is 1.41 bits per heavy atom. The number of rotatable bonds is 3. The minimum atomic E-state index is -0.188. The quantitative estimate of drug-likeness (QED) is 0.751. The van der Waals surface area contributed by atoms with Crippen LogP contribution in [0.5, 0.6) is 5.75 Å². The molecule has 1 heterocycles. The Bertz CT molecular complexity index is 405. The van der Waals surface area contributed by atoms with Crippen molar-refractivity contribution in [3.05, 3.63) is 29.8 Å². The number of para-hydroxylation sites is 1. The van der Waals surface area contributed by atoms with Gasteiger partial charge in [0.05, 0.1) is 5.56 Å². The van der Waals surface area contributed by atoms with Crippen molar-refractivity contribution in [1.29, 1.82) is 0 Å². The Morgan fingerprint density at radius 2 is 2.18 bits per heavy atom. The van der Waals surface area contributed by atoms with Crippen molar-refractivity contribution in [2.24, 2.45) is 0 Å². The molecule has 0 radical (unpaired) electrons. The minimum Gasteiger partial charge on any atom is -0.485 e. The average Bonchev–Trinajstić information content (AvgIpc) is 2.29. The maximum absolute atomic E-state index is 10.9. The smallest absolute Gasteiger partial charge is 0.153 e. The molecule has 0 aliphatic carbocycles. The third kappa shape index (κ3) is 2.86. The van der Waals surface area contributed by atoms with Crippen LogP contribution in [-0.2, 0) is 0 Å². The highest BCUT2D eigenvalue weighted by molar-refractivity contribution is 5.79. The van der Waals surface area contributed by atoms with Gasteiger partial charge in [-0.2, -0.15) is 0 Å². The topological polar surface area (TPSA) is 29.5 Å². The summed E-state index contributed by atoms with van der Waals surface area (Å²) >= 11 is 0. The zero-order valence-corrected chi connectivity index (χ0v) is 10.5. The van der Waals surface area contributed by atoms with Crippen molar-refractivity contribution < 1.29 is 9.53 Å². The van der Waals surface area contributed by atoms with Gasteiger partial charge >= 0.3 is 0 Å². The van der Waals surface area contributed by atoms with E-state index >= 15 is 0 Å². The maximum Gasteiger partial charge on any atom is 0.153 e. The van der Waals surface area contributed by atoms with Gasteiger partial charge in [-0.1, -0.05) is 12.1 Å². The number of nitrogens with zero attached hydrogens (tertiary/aromatic N) is 1. The molecule has 1 fully saturated rings. The van der Waals surface area contributed by atoms with Gasteiger partial charge in [0.25, 0.3) is 0 Å². The van der Waals surface area contributed by atoms with Crippen LogP contribution in [0.15, 0.2) is 24.3 Å². The molecule has 0 bridgehead atoms. The summed E-state index contributed by atoms with van der Waals surface area (Å²) in [5, 5.41) is 0. The third-order valence-electron chi connectivity index (χ3n) is 3.25. The Hall–Kier alpha value is -1.35. The molecule has 1 unspecified atom stereocenters. The number of benzene rings is 1. The Morgan fingerprint density at radius 3 is 2.88 bits per heavy atom. The molecular weight excluding hydrogens is 214 g/mol. The highest BCUT2D eigenvalue weighted by atomic mass is 16.5. The van der Waals surface area contributed by atoms with Crippen molar-refractivity contribution >= 4 is 6.29 Å². The van der Waals surface area contributed by atoms with Crippen LogP contribution in [-0.4, -0.2) is 36.9 Å². The van der Waals surface area contributed by atoms with Crippen molar-refractivity contribution in [2.45, 2.75) is 25.4 Å². The van der Waals surface area contributed by atoms with E-state index < -0.39 is 0 Å². The molecule has 1 aliphatic rings. The second-order valence-electron chi connectivity index (χ2n) is 5.05. The lowest BCUT2D eigenvalue weighted by atomic mass is 9.95. The van der Waals surface area contributed by atoms with Gasteiger partial charge in [0.2, 0.25) is 0 Å². The molecule has 2 rings (SSSR count). The van der Waals surface area contributed by atoms with Crippen LogP contribution in [0.25, 0.3) is 0 Å². The van der Waals surface area contributed by atoms with Gasteiger partial charge in [-0.05, 0) is 45.5 Å². The molecule has 1 saturated heterocycles. The molecule has 0 saturated carbocycles. The third-order valence-corrected chi connectivity index (χ3v) is 3.25. The number of carbonyl (C=O) groups is 1. The van der Waals surface area contributed by atoms with Crippen LogP contribution in [0.4, 0.5) is 0 Å². The number of carbonyl (C=O) groups excluding carboxylic acids is 1. The number of piperidine rings is 1. The van der Waals surface area contributed by atoms with E-state index in [4.69, 9.17) is 4.74 Å². The van der Waals surface area contributed by atoms with Gasteiger partial charge in [-0.25, -0.2) is 0 Å². The fourth-order valence-electron chi connectivity index (χ4n) is 2.47. The fraction of sp³-hybridized carbons (Fsp3) is 0.500. The lowest BCUT2D eigenvalue weighted by Gasteiger charge is -2.39. The predicted molar refractivity (Wildman–Crippen MR) is 67.6 cm³/mol. The molecule has 1 aromatic rings. The van der Waals surface area contributed by atoms with E-state index in [1.165, 1.54) is 0 Å². The van der Waals surface area contributed by atoms with Gasteiger partial charge in [0.15, 0.2) is 6.29 Å². The summed E-state index contributed by atoms with van der Waals surface area (Å²) < 4.78 is 6.06. The van der Waals surface area contributed by atoms with Crippen LogP contribution < -0.4 is 4.74 Å². The van der Waals surface area contributed by atoms with E-state index in [1.54, 1.807) is 6.07 Å². The summed E-state index contributed by atoms with van der Waals surface area (Å²) in [6.45, 7) is 4.14. The average molecular weight is 233 g/mol. The fourth-order valence-corrected chi connectivity index (χ4v) is 2.47. The molecule has 0 N–H and O–H groups in total. The van der Waals surface area contributed by atoms with Crippen LogP contribution in [0.2, 0.25) is 0 Å². The number of hydrogen-bond donors (Lipinski definition) is 0. The molecule has 3 heteroatoms. The van der Waals surface area contributed by atoms with E-state index in [-0.39, 0.29) is 5.60 Å². The number of hydrogen-bond acceptors (Lipinski definition) is 3. The number of likely N-dealkylation sites (N-methyl/N-ethyl adjacent to an activating group) is 1. The second-order valence-corrected chi connectivity index (χ2v) is 5.05. The molecule has 1 atom stereocenters. The summed E-state index contributed by atoms with van der Waals surface area (Å²) in [4.78, 5) is 13.2. The van der Waals surface area contributed by atoms with Crippen LogP contribution in [0.3, 0.4) is 0 Å². The number of ether oxygens (including phenoxy) is 1. The van der Waals surface area contributed by atoms with E-state index in [1.807, 2.05) is 18.2 Å². The Balaban J connectivity index is 2.16. The minimum absolute atomic E-state index is 0.188. The zero-order valence-electron chi connectivity index (χ0n) is 10.5. The van der Waals surface area contributed by atoms with E-state index in [9.17, 15) is 4.79 Å². The first-order valence-corrected chi connectivity index (χ1v) is 6.05. The molecule has 92 valence electrons. The molecule has 0 aromatic heterocycles. The van der Waals surface area contributed by atoms with Crippen molar-refractivity contribution in [2.75, 3.05) is 20.1 Å². The highest BCUT2D eigenvalue weighted by Gasteiger charge is 2.31. The molecule has 0 amide bonds. The first kappa shape index (κ1) is 12.1. The van der Waals surface area contributed by atoms with Crippen molar-refractivity contribution in [3.63, 3.8) is 0 Å². The van der Waals surface area contributed by atoms with Gasteiger partial charge in [0, 0.05) is 6.54 Å². The largest absolute Gasteiger partial charge is 0.485 e. The summed E-state index contributed by atoms with van der Waals surface area (Å²) in [5.41, 5.74) is 0.438. The maximum atomic E-state index is 10.9. The van der Waals surface area contributed by atoms with Crippen LogP contribution in [0, 0.1) is 0 Å². The normalized spacial score (nSPS) is 25.5. The summed E-state index contributed by atoms with van der Waals surface area (Å²) in [6.07, 6.45) is 3.02. The van der Waals surface area contributed by atoms with Crippen molar-refractivity contribution in [3.8, 4) is 5.75 Å². The Labute approximate surface area is 102 Å². The van der Waals surface area contributed by atoms with E-state index in [0.717, 1.165) is 32.2 Å². The highest BCUT2D eigenvalue weighted by Crippen LogP contribution is 2.28. The van der Waals surface area contributed by atoms with Gasteiger partial charge in [0.1, 0.15) is 11.4 Å². The van der Waals surface area contributed by atoms with Crippen LogP contribution >= 0.6 is 0 Å². The monoisotopic (exact) mass is 233 g/mol. The number of aldehydes is 1. The molecule has 1 aliphatic heterocycles. The number of likely N-dealkylation sites (tertiary alicyclic amines) is 1. The summed E-state index contributed by atoms with van der Waals surface area (Å²) in [5.74, 6) is 0.695. The molecule has 17 heavy (non-hydrogen) atoms. The second kappa shape index (κ2) is 4.88. The Kier molecular flexibility index (Phi) is 3.48. The standard InChI is InChI=1S/C14H19NO2/c1-14(8-5-9-15(2)11-14)17-13-7-4-3-6-12(13)10-16/h3-4,6-7,10H,5,8-9,11H2,1-2H3. The summed E-state index contributed by atoms with van der Waals surface area (Å²) in [6, 6.07) is 7.41. The lowest BCUT2D eigenvalue weighted by Crippen LogP contribution is -2.48. The van der Waals surface area contributed by atoms with E-state index in [0.29, 0.717) is 11.3 Å². The molecule has 3 nitrogen and oxygen atoms in total. The van der Waals surface area contributed by atoms with Crippen LogP contribution in [0.1, 0.15) is 30.1 Å². The molecule has 0 spiro atoms. The van der Waals surface area contributed by atoms with Gasteiger partial charge in [-0.3, -0.25) is 4.79 Å². The lowest BCUT2D eigenvalue weighted by molar-refractivity contribution is 0.0152. The van der Waals surface area contributed by atoms with Gasteiger partial charge < -0.3 is 9.64 Å². The SMILES string of the molecule is CN1CCCC(C)(Oc2ccccc2C=O)C1. The first-order chi connectivity index (χ1) is 8.13. The molecule has 1 aromatic carbocycles. The predicted octanol–water partition coefficient (Wildman–Crippen LogP) is 2.36. The first-order valence-electron chi connectivity index (χ1n) is 6.05.